The van der Waals surface area contributed by atoms with E-state index in [0.717, 1.165) is 6.42 Å². The van der Waals surface area contributed by atoms with E-state index in [2.05, 4.69) is 6.92 Å². The van der Waals surface area contributed by atoms with E-state index in [9.17, 15) is 4.79 Å². The van der Waals surface area contributed by atoms with Crippen molar-refractivity contribution in [2.45, 2.75) is 26.7 Å². The molecule has 62 valence electrons. The molecular weight excluding hydrogens is 140 g/mol. The van der Waals surface area contributed by atoms with Crippen molar-refractivity contribution in [2.75, 3.05) is 0 Å². The molecule has 1 rings (SSSR count). The Hall–Kier alpha value is -0.790. The van der Waals surface area contributed by atoms with Crippen LogP contribution < -0.4 is 0 Å². The lowest BCUT2D eigenvalue weighted by molar-refractivity contribution is -0.143. The highest BCUT2D eigenvalue weighted by molar-refractivity contribution is 5.70. The highest BCUT2D eigenvalue weighted by Crippen LogP contribution is 2.28. The summed E-state index contributed by atoms with van der Waals surface area (Å²) in [6.45, 7) is 4.07. The van der Waals surface area contributed by atoms with Crippen LogP contribution in [-0.2, 0) is 4.79 Å². The number of aliphatic carboxylic acids is 1. The first-order chi connectivity index (χ1) is 5.11. The normalized spacial score (nSPS) is 31.3. The first-order valence-corrected chi connectivity index (χ1v) is 3.99. The molecule has 0 aliphatic heterocycles. The first-order valence-electron chi connectivity index (χ1n) is 3.99. The van der Waals surface area contributed by atoms with Crippen molar-refractivity contribution in [3.05, 3.63) is 11.6 Å². The molecule has 0 spiro atoms. The van der Waals surface area contributed by atoms with Crippen LogP contribution in [0.2, 0.25) is 0 Å². The summed E-state index contributed by atoms with van der Waals surface area (Å²) in [5.41, 5.74) is 1.33. The van der Waals surface area contributed by atoms with Gasteiger partial charge in [-0.15, -0.1) is 0 Å². The molecule has 0 aromatic carbocycles. The Labute approximate surface area is 66.9 Å². The van der Waals surface area contributed by atoms with Gasteiger partial charge in [0.05, 0.1) is 5.92 Å². The van der Waals surface area contributed by atoms with E-state index in [0.29, 0.717) is 12.3 Å². The molecule has 2 heteroatoms. The number of rotatable bonds is 1. The van der Waals surface area contributed by atoms with Crippen molar-refractivity contribution < 1.29 is 9.90 Å². The van der Waals surface area contributed by atoms with E-state index in [1.165, 1.54) is 5.57 Å². The lowest BCUT2D eigenvalue weighted by Crippen LogP contribution is -2.23. The molecule has 0 bridgehead atoms. The molecule has 1 N–H and O–H groups in total. The molecule has 2 nitrogen and oxygen atoms in total. The molecule has 0 saturated carbocycles. The van der Waals surface area contributed by atoms with Crippen LogP contribution in [0.3, 0.4) is 0 Å². The second-order valence-electron chi connectivity index (χ2n) is 3.41. The zero-order chi connectivity index (χ0) is 8.43. The van der Waals surface area contributed by atoms with Crippen LogP contribution in [0, 0.1) is 11.8 Å². The minimum absolute atomic E-state index is 0.154. The molecule has 0 saturated heterocycles. The summed E-state index contributed by atoms with van der Waals surface area (Å²) in [5, 5.41) is 8.77. The monoisotopic (exact) mass is 154 g/mol. The van der Waals surface area contributed by atoms with Gasteiger partial charge < -0.3 is 5.11 Å². The van der Waals surface area contributed by atoms with Gasteiger partial charge in [-0.05, 0) is 25.7 Å². The largest absolute Gasteiger partial charge is 0.481 e. The molecule has 0 radical (unpaired) electrons. The number of hydrogen-bond donors (Lipinski definition) is 1. The highest BCUT2D eigenvalue weighted by Gasteiger charge is 2.26. The quantitative estimate of drug-likeness (QED) is 0.587. The molecule has 1 aliphatic carbocycles. The Morgan fingerprint density at radius 3 is 2.82 bits per heavy atom. The molecule has 0 heterocycles. The molecule has 0 fully saturated rings. The van der Waals surface area contributed by atoms with Crippen molar-refractivity contribution >= 4 is 5.97 Å². The van der Waals surface area contributed by atoms with Crippen molar-refractivity contribution in [3.63, 3.8) is 0 Å². The molecule has 0 aromatic rings. The zero-order valence-corrected chi connectivity index (χ0v) is 7.00. The maximum absolute atomic E-state index is 10.6. The van der Waals surface area contributed by atoms with Crippen LogP contribution in [-0.4, -0.2) is 11.1 Å². The number of carboxylic acids is 1. The van der Waals surface area contributed by atoms with Gasteiger partial charge >= 0.3 is 5.97 Å². The van der Waals surface area contributed by atoms with Gasteiger partial charge in [0.15, 0.2) is 0 Å². The Bertz CT molecular complexity index is 194. The van der Waals surface area contributed by atoms with Crippen molar-refractivity contribution in [3.8, 4) is 0 Å². The number of hydrogen-bond acceptors (Lipinski definition) is 1. The third-order valence-corrected chi connectivity index (χ3v) is 2.37. The van der Waals surface area contributed by atoms with Crippen molar-refractivity contribution in [2.24, 2.45) is 11.8 Å². The second kappa shape index (κ2) is 3.07. The third-order valence-electron chi connectivity index (χ3n) is 2.37. The fourth-order valence-corrected chi connectivity index (χ4v) is 1.64. The minimum Gasteiger partial charge on any atom is -0.481 e. The molecule has 0 amide bonds. The van der Waals surface area contributed by atoms with Crippen LogP contribution >= 0.6 is 0 Å². The first kappa shape index (κ1) is 8.31. The van der Waals surface area contributed by atoms with Gasteiger partial charge in [0.25, 0.3) is 0 Å². The maximum Gasteiger partial charge on any atom is 0.307 e. The summed E-state index contributed by atoms with van der Waals surface area (Å²) in [4.78, 5) is 10.6. The fraction of sp³-hybridized carbons (Fsp3) is 0.667. The third kappa shape index (κ3) is 1.82. The Balaban J connectivity index is 2.65. The Morgan fingerprint density at radius 1 is 1.73 bits per heavy atom. The Morgan fingerprint density at radius 2 is 2.36 bits per heavy atom. The summed E-state index contributed by atoms with van der Waals surface area (Å²) < 4.78 is 0. The Kier molecular flexibility index (Phi) is 2.32. The van der Waals surface area contributed by atoms with Crippen LogP contribution in [0.1, 0.15) is 26.7 Å². The van der Waals surface area contributed by atoms with E-state index < -0.39 is 5.97 Å². The highest BCUT2D eigenvalue weighted by atomic mass is 16.4. The lowest BCUT2D eigenvalue weighted by Gasteiger charge is -2.23. The SMILES string of the molecule is CC1=CC[C@H](C(=O)O)[C@H](C)C1. The summed E-state index contributed by atoms with van der Waals surface area (Å²) in [6.07, 6.45) is 3.69. The molecule has 11 heavy (non-hydrogen) atoms. The number of allylic oxidation sites excluding steroid dienone is 2. The topological polar surface area (TPSA) is 37.3 Å². The molecule has 1 aliphatic rings. The standard InChI is InChI=1S/C9H14O2/c1-6-3-4-8(9(10)11)7(2)5-6/h3,7-8H,4-5H2,1-2H3,(H,10,11)/t7-,8+/m1/s1. The van der Waals surface area contributed by atoms with Gasteiger partial charge in [-0.1, -0.05) is 18.6 Å². The van der Waals surface area contributed by atoms with Gasteiger partial charge in [0.2, 0.25) is 0 Å². The lowest BCUT2D eigenvalue weighted by atomic mass is 9.81. The second-order valence-corrected chi connectivity index (χ2v) is 3.41. The van der Waals surface area contributed by atoms with Gasteiger partial charge in [-0.2, -0.15) is 0 Å². The van der Waals surface area contributed by atoms with Crippen molar-refractivity contribution in [1.82, 2.24) is 0 Å². The van der Waals surface area contributed by atoms with Crippen LogP contribution in [0.15, 0.2) is 11.6 Å². The maximum atomic E-state index is 10.6. The number of carbonyl (C=O) groups is 1. The number of carboxylic acid groups (broad SMARTS) is 1. The van der Waals surface area contributed by atoms with Crippen LogP contribution in [0.4, 0.5) is 0 Å². The van der Waals surface area contributed by atoms with Gasteiger partial charge in [0, 0.05) is 0 Å². The van der Waals surface area contributed by atoms with Gasteiger partial charge in [-0.25, -0.2) is 0 Å². The van der Waals surface area contributed by atoms with E-state index >= 15 is 0 Å². The van der Waals surface area contributed by atoms with E-state index in [1.54, 1.807) is 0 Å². The molecule has 2 atom stereocenters. The fourth-order valence-electron chi connectivity index (χ4n) is 1.64. The molecule has 0 unspecified atom stereocenters. The smallest absolute Gasteiger partial charge is 0.307 e. The zero-order valence-electron chi connectivity index (χ0n) is 7.00. The van der Waals surface area contributed by atoms with Crippen molar-refractivity contribution in [1.29, 1.82) is 0 Å². The summed E-state index contributed by atoms with van der Waals surface area (Å²) >= 11 is 0. The minimum atomic E-state index is -0.652. The van der Waals surface area contributed by atoms with E-state index in [1.807, 2.05) is 13.0 Å². The summed E-state index contributed by atoms with van der Waals surface area (Å²) in [5.74, 6) is -0.502. The van der Waals surface area contributed by atoms with E-state index in [-0.39, 0.29) is 5.92 Å². The summed E-state index contributed by atoms with van der Waals surface area (Å²) in [6, 6.07) is 0. The van der Waals surface area contributed by atoms with E-state index in [4.69, 9.17) is 5.11 Å². The predicted molar refractivity (Wildman–Crippen MR) is 43.3 cm³/mol. The average Bonchev–Trinajstić information content (AvgIpc) is 1.85. The van der Waals surface area contributed by atoms with Crippen LogP contribution in [0.5, 0.6) is 0 Å². The van der Waals surface area contributed by atoms with Gasteiger partial charge in [-0.3, -0.25) is 4.79 Å². The molecular formula is C9H14O2. The predicted octanol–water partition coefficient (Wildman–Crippen LogP) is 2.06. The summed E-state index contributed by atoms with van der Waals surface area (Å²) in [7, 11) is 0. The average molecular weight is 154 g/mol. The van der Waals surface area contributed by atoms with Gasteiger partial charge in [0.1, 0.15) is 0 Å². The van der Waals surface area contributed by atoms with Crippen LogP contribution in [0.25, 0.3) is 0 Å². The molecule has 0 aromatic heterocycles.